The number of benzene rings is 2. The monoisotopic (exact) mass is 382 g/mol. The number of hydrogen-bond donors (Lipinski definition) is 2. The van der Waals surface area contributed by atoms with Crippen LogP contribution in [0.4, 0.5) is 17.3 Å². The standard InChI is InChI=1S/C20H19ClN4O2/c1-12-8-13(2)10-15(9-12)24-20-22-7-6-17(25-20)19(26)23-14-4-5-18(27-3)16(21)11-14/h4-11H,1-3H3,(H,23,26)(H,22,24,25). The summed E-state index contributed by atoms with van der Waals surface area (Å²) in [6, 6.07) is 12.6. The average molecular weight is 383 g/mol. The molecule has 0 saturated carbocycles. The number of carbonyl (C=O) groups is 1. The van der Waals surface area contributed by atoms with Crippen LogP contribution in [0.5, 0.6) is 5.75 Å². The minimum atomic E-state index is -0.359. The van der Waals surface area contributed by atoms with Gasteiger partial charge in [-0.05, 0) is 61.4 Å². The molecule has 0 aliphatic carbocycles. The third-order valence-electron chi connectivity index (χ3n) is 3.78. The zero-order valence-corrected chi connectivity index (χ0v) is 16.0. The first-order valence-electron chi connectivity index (χ1n) is 8.28. The maximum Gasteiger partial charge on any atom is 0.274 e. The summed E-state index contributed by atoms with van der Waals surface area (Å²) in [5.74, 6) is 0.527. The highest BCUT2D eigenvalue weighted by Gasteiger charge is 2.11. The van der Waals surface area contributed by atoms with Gasteiger partial charge >= 0.3 is 0 Å². The van der Waals surface area contributed by atoms with E-state index in [4.69, 9.17) is 16.3 Å². The van der Waals surface area contributed by atoms with E-state index in [-0.39, 0.29) is 11.6 Å². The highest BCUT2D eigenvalue weighted by molar-refractivity contribution is 6.32. The minimum absolute atomic E-state index is 0.240. The SMILES string of the molecule is COc1ccc(NC(=O)c2ccnc(Nc3cc(C)cc(C)c3)n2)cc1Cl. The molecule has 138 valence electrons. The number of anilines is 3. The quantitative estimate of drug-likeness (QED) is 0.665. The number of hydrogen-bond acceptors (Lipinski definition) is 5. The first-order valence-corrected chi connectivity index (χ1v) is 8.65. The van der Waals surface area contributed by atoms with Crippen LogP contribution in [0.15, 0.2) is 48.7 Å². The van der Waals surface area contributed by atoms with Gasteiger partial charge in [0.25, 0.3) is 5.91 Å². The molecule has 0 unspecified atom stereocenters. The molecule has 0 aliphatic rings. The van der Waals surface area contributed by atoms with Crippen LogP contribution in [0.1, 0.15) is 21.6 Å². The van der Waals surface area contributed by atoms with Crippen molar-refractivity contribution in [3.63, 3.8) is 0 Å². The topological polar surface area (TPSA) is 76.1 Å². The minimum Gasteiger partial charge on any atom is -0.495 e. The number of nitrogens with zero attached hydrogens (tertiary/aromatic N) is 2. The van der Waals surface area contributed by atoms with Gasteiger partial charge in [-0.2, -0.15) is 0 Å². The Morgan fingerprint density at radius 2 is 1.78 bits per heavy atom. The van der Waals surface area contributed by atoms with E-state index >= 15 is 0 Å². The molecule has 7 heteroatoms. The van der Waals surface area contributed by atoms with Crippen LogP contribution in [0.3, 0.4) is 0 Å². The van der Waals surface area contributed by atoms with E-state index < -0.39 is 0 Å². The molecule has 0 fully saturated rings. The Balaban J connectivity index is 1.76. The summed E-state index contributed by atoms with van der Waals surface area (Å²) in [5.41, 5.74) is 3.91. The van der Waals surface area contributed by atoms with E-state index in [0.29, 0.717) is 22.4 Å². The lowest BCUT2D eigenvalue weighted by Gasteiger charge is -2.10. The van der Waals surface area contributed by atoms with E-state index in [9.17, 15) is 4.79 Å². The van der Waals surface area contributed by atoms with Gasteiger partial charge in [-0.25, -0.2) is 9.97 Å². The molecule has 0 aliphatic heterocycles. The summed E-state index contributed by atoms with van der Waals surface area (Å²) in [6.45, 7) is 4.03. The molecule has 2 N–H and O–H groups in total. The van der Waals surface area contributed by atoms with Crippen LogP contribution < -0.4 is 15.4 Å². The fourth-order valence-corrected chi connectivity index (χ4v) is 2.92. The summed E-state index contributed by atoms with van der Waals surface area (Å²) in [7, 11) is 1.53. The molecule has 0 atom stereocenters. The maximum absolute atomic E-state index is 12.5. The smallest absolute Gasteiger partial charge is 0.274 e. The number of ether oxygens (including phenoxy) is 1. The fraction of sp³-hybridized carbons (Fsp3) is 0.150. The van der Waals surface area contributed by atoms with Gasteiger partial charge in [-0.1, -0.05) is 17.7 Å². The van der Waals surface area contributed by atoms with E-state index in [1.165, 1.54) is 13.3 Å². The number of methoxy groups -OCH3 is 1. The normalized spacial score (nSPS) is 10.4. The summed E-state index contributed by atoms with van der Waals surface area (Å²) < 4.78 is 5.11. The molecule has 3 rings (SSSR count). The summed E-state index contributed by atoms with van der Waals surface area (Å²) in [4.78, 5) is 21.0. The van der Waals surface area contributed by atoms with Crippen LogP contribution in [-0.2, 0) is 0 Å². The van der Waals surface area contributed by atoms with Crippen molar-refractivity contribution >= 4 is 34.8 Å². The second-order valence-electron chi connectivity index (χ2n) is 6.07. The van der Waals surface area contributed by atoms with Crippen molar-refractivity contribution in [2.75, 3.05) is 17.7 Å². The third kappa shape index (κ3) is 4.74. The van der Waals surface area contributed by atoms with Crippen LogP contribution in [0.25, 0.3) is 0 Å². The molecule has 3 aromatic rings. The Labute approximate surface area is 162 Å². The van der Waals surface area contributed by atoms with Gasteiger partial charge in [0.15, 0.2) is 0 Å². The lowest BCUT2D eigenvalue weighted by atomic mass is 10.1. The van der Waals surface area contributed by atoms with Gasteiger partial charge < -0.3 is 15.4 Å². The maximum atomic E-state index is 12.5. The Hall–Kier alpha value is -3.12. The molecule has 1 amide bonds. The van der Waals surface area contributed by atoms with Crippen LogP contribution in [0.2, 0.25) is 5.02 Å². The fourth-order valence-electron chi connectivity index (χ4n) is 2.66. The molecule has 2 aromatic carbocycles. The molecule has 0 spiro atoms. The average Bonchev–Trinajstić information content (AvgIpc) is 2.61. The Bertz CT molecular complexity index is 971. The first kappa shape index (κ1) is 18.7. The zero-order valence-electron chi connectivity index (χ0n) is 15.2. The highest BCUT2D eigenvalue weighted by Crippen LogP contribution is 2.27. The number of aromatic nitrogens is 2. The second kappa shape index (κ2) is 8.05. The van der Waals surface area contributed by atoms with Crippen LogP contribution >= 0.6 is 11.6 Å². The largest absolute Gasteiger partial charge is 0.495 e. The van der Waals surface area contributed by atoms with Gasteiger partial charge in [0.05, 0.1) is 12.1 Å². The predicted molar refractivity (Wildman–Crippen MR) is 107 cm³/mol. The Morgan fingerprint density at radius 1 is 1.04 bits per heavy atom. The second-order valence-corrected chi connectivity index (χ2v) is 6.48. The van der Waals surface area contributed by atoms with E-state index in [2.05, 4.69) is 26.7 Å². The van der Waals surface area contributed by atoms with Crippen molar-refractivity contribution in [2.24, 2.45) is 0 Å². The summed E-state index contributed by atoms with van der Waals surface area (Å²) in [5, 5.41) is 6.30. The van der Waals surface area contributed by atoms with Crippen molar-refractivity contribution in [3.8, 4) is 5.75 Å². The number of halogens is 1. The molecule has 0 saturated heterocycles. The van der Waals surface area contributed by atoms with Gasteiger partial charge in [0.2, 0.25) is 5.95 Å². The van der Waals surface area contributed by atoms with Gasteiger partial charge in [0, 0.05) is 17.6 Å². The third-order valence-corrected chi connectivity index (χ3v) is 4.07. The predicted octanol–water partition coefficient (Wildman–Crippen LogP) is 4.75. The number of rotatable bonds is 5. The van der Waals surface area contributed by atoms with Gasteiger partial charge in [0.1, 0.15) is 11.4 Å². The molecule has 0 bridgehead atoms. The number of nitrogens with one attached hydrogen (secondary N) is 2. The number of amides is 1. The van der Waals surface area contributed by atoms with Crippen molar-refractivity contribution in [1.82, 2.24) is 9.97 Å². The van der Waals surface area contributed by atoms with Crippen LogP contribution in [0, 0.1) is 13.8 Å². The molecule has 1 aromatic heterocycles. The molecule has 27 heavy (non-hydrogen) atoms. The molecule has 1 heterocycles. The van der Waals surface area contributed by atoms with E-state index in [1.54, 1.807) is 24.3 Å². The highest BCUT2D eigenvalue weighted by atomic mass is 35.5. The number of carbonyl (C=O) groups excluding carboxylic acids is 1. The summed E-state index contributed by atoms with van der Waals surface area (Å²) in [6.07, 6.45) is 1.54. The van der Waals surface area contributed by atoms with Crippen molar-refractivity contribution in [3.05, 3.63) is 70.5 Å². The lowest BCUT2D eigenvalue weighted by Crippen LogP contribution is -2.14. The number of aryl methyl sites for hydroxylation is 2. The van der Waals surface area contributed by atoms with Crippen molar-refractivity contribution in [1.29, 1.82) is 0 Å². The Morgan fingerprint density at radius 3 is 2.44 bits per heavy atom. The lowest BCUT2D eigenvalue weighted by molar-refractivity contribution is 0.102. The molecule has 6 nitrogen and oxygen atoms in total. The molecular formula is C20H19ClN4O2. The van der Waals surface area contributed by atoms with E-state index in [0.717, 1.165) is 16.8 Å². The van der Waals surface area contributed by atoms with Crippen molar-refractivity contribution < 1.29 is 9.53 Å². The van der Waals surface area contributed by atoms with Crippen molar-refractivity contribution in [2.45, 2.75) is 13.8 Å². The summed E-state index contributed by atoms with van der Waals surface area (Å²) >= 11 is 6.09. The molecular weight excluding hydrogens is 364 g/mol. The van der Waals surface area contributed by atoms with Gasteiger partial charge in [-0.15, -0.1) is 0 Å². The van der Waals surface area contributed by atoms with Crippen LogP contribution in [-0.4, -0.2) is 23.0 Å². The van der Waals surface area contributed by atoms with Gasteiger partial charge in [-0.3, -0.25) is 4.79 Å². The zero-order chi connectivity index (χ0) is 19.4. The molecule has 0 radical (unpaired) electrons. The Kier molecular flexibility index (Phi) is 5.57. The first-order chi connectivity index (χ1) is 12.9. The van der Waals surface area contributed by atoms with E-state index in [1.807, 2.05) is 26.0 Å².